The predicted molar refractivity (Wildman–Crippen MR) is 174 cm³/mol. The Morgan fingerprint density at radius 3 is 1.17 bits per heavy atom. The van der Waals surface area contributed by atoms with Crippen LogP contribution in [0.4, 0.5) is 0 Å². The standard InChI is InChI=1S/2C14H17Si.2CH3.2ClH.H2Si.Ti/c2*1-15(2,3)14-10-9-13(11-14)12-7-5-4-6-8-12;;;;;;/h2*4-8,11H,10H2,1-3H3;2*1H3;2*1H;1H2;. The number of rotatable bonds is 6. The van der Waals surface area contributed by atoms with Gasteiger partial charge in [-0.05, 0) is 0 Å². The molecule has 36 heavy (non-hydrogen) atoms. The average Bonchev–Trinajstić information content (AvgIpc) is 3.41. The van der Waals surface area contributed by atoms with E-state index in [9.17, 15) is 0 Å². The minimum atomic E-state index is -3.24. The minimum absolute atomic E-state index is 0. The average molecular weight is 608 g/mol. The molecule has 0 aromatic heterocycles. The molecular formula is C30H44Cl2Si3Ti. The van der Waals surface area contributed by atoms with Gasteiger partial charge in [0.2, 0.25) is 0 Å². The van der Waals surface area contributed by atoms with Gasteiger partial charge in [-0.2, -0.15) is 0 Å². The molecule has 2 aromatic rings. The fraction of sp³-hybridized carbons (Fsp3) is 0.333. The molecule has 2 aliphatic rings. The SMILES string of the molecule is C[Si](C)(C)C1=CC(c2ccccc2)=[C]([Ti]([CH3])([CH3])(=[SiH2])[C]2=C(c3ccccc3)C=C([Si](C)(C)C)C2)C1.Cl.Cl. The Bertz CT molecular complexity index is 1220. The Morgan fingerprint density at radius 1 is 0.583 bits per heavy atom. The van der Waals surface area contributed by atoms with Gasteiger partial charge >= 0.3 is 214 Å². The maximum absolute atomic E-state index is 3.24. The summed E-state index contributed by atoms with van der Waals surface area (Å²) in [6.45, 7) is 15.1. The van der Waals surface area contributed by atoms with Gasteiger partial charge < -0.3 is 0 Å². The second-order valence-electron chi connectivity index (χ2n) is 13.4. The van der Waals surface area contributed by atoms with E-state index >= 15 is 0 Å². The van der Waals surface area contributed by atoms with Gasteiger partial charge in [0.05, 0.1) is 0 Å². The molecule has 0 N–H and O–H groups in total. The summed E-state index contributed by atoms with van der Waals surface area (Å²) < 4.78 is 3.60. The topological polar surface area (TPSA) is 0 Å². The zero-order valence-electron chi connectivity index (χ0n) is 23.4. The second-order valence-corrected chi connectivity index (χ2v) is 42.7. The van der Waals surface area contributed by atoms with Crippen LogP contribution in [0.2, 0.25) is 49.7 Å². The summed E-state index contributed by atoms with van der Waals surface area (Å²) in [7, 11) is -0.354. The summed E-state index contributed by atoms with van der Waals surface area (Å²) in [6.07, 6.45) is 7.62. The zero-order chi connectivity index (χ0) is 25.0. The molecule has 194 valence electrons. The Hall–Kier alpha value is -0.655. The van der Waals surface area contributed by atoms with Crippen LogP contribution in [0.15, 0.2) is 91.0 Å². The molecule has 4 rings (SSSR count). The number of allylic oxidation sites excluding steroid dienone is 8. The van der Waals surface area contributed by atoms with E-state index in [0.717, 1.165) is 0 Å². The summed E-state index contributed by atoms with van der Waals surface area (Å²) in [6, 6.07) is 22.5. The summed E-state index contributed by atoms with van der Waals surface area (Å²) in [5, 5.41) is 8.89. The van der Waals surface area contributed by atoms with Gasteiger partial charge in [-0.15, -0.1) is 24.8 Å². The number of hydrogen-bond donors (Lipinski definition) is 0. The normalized spacial score (nSPS) is 16.9. The van der Waals surface area contributed by atoms with Crippen LogP contribution in [0.25, 0.3) is 11.1 Å². The van der Waals surface area contributed by atoms with Crippen molar-refractivity contribution in [1.29, 1.82) is 0 Å². The second kappa shape index (κ2) is 10.8. The van der Waals surface area contributed by atoms with Crippen molar-refractivity contribution in [3.8, 4) is 0 Å². The van der Waals surface area contributed by atoms with Crippen molar-refractivity contribution in [3.05, 3.63) is 102 Å². The number of benzene rings is 2. The molecule has 0 spiro atoms. The minimum Gasteiger partial charge on any atom is -0.147 e. The first-order valence-corrected chi connectivity index (χ1v) is 28.4. The van der Waals surface area contributed by atoms with Crippen molar-refractivity contribution >= 4 is 59.7 Å². The molecule has 0 saturated heterocycles. The molecule has 0 nitrogen and oxygen atoms in total. The summed E-state index contributed by atoms with van der Waals surface area (Å²) in [4.78, 5) is 0. The molecule has 6 heteroatoms. The Labute approximate surface area is 236 Å². The van der Waals surface area contributed by atoms with Crippen molar-refractivity contribution < 1.29 is 14.0 Å². The third kappa shape index (κ3) is 6.15. The fourth-order valence-corrected chi connectivity index (χ4v) is 17.6. The van der Waals surface area contributed by atoms with Gasteiger partial charge in [-0.1, -0.05) is 0 Å². The summed E-state index contributed by atoms with van der Waals surface area (Å²) >= 11 is -3.24. The van der Waals surface area contributed by atoms with E-state index in [1.165, 1.54) is 24.0 Å². The van der Waals surface area contributed by atoms with Crippen LogP contribution in [-0.4, -0.2) is 23.8 Å². The maximum Gasteiger partial charge on any atom is -0.147 e. The molecule has 0 aliphatic heterocycles. The van der Waals surface area contributed by atoms with Crippen LogP contribution in [0, 0.1) is 0 Å². The smallest absolute Gasteiger partial charge is 0.147 e. The molecule has 0 bridgehead atoms. The monoisotopic (exact) mass is 606 g/mol. The van der Waals surface area contributed by atoms with Crippen LogP contribution >= 0.6 is 24.8 Å². The van der Waals surface area contributed by atoms with Crippen LogP contribution in [-0.2, 0) is 14.0 Å². The first-order valence-electron chi connectivity index (χ1n) is 12.7. The van der Waals surface area contributed by atoms with Gasteiger partial charge in [-0.25, -0.2) is 0 Å². The molecule has 0 unspecified atom stereocenters. The molecule has 0 saturated carbocycles. The van der Waals surface area contributed by atoms with Gasteiger partial charge in [0.1, 0.15) is 0 Å². The van der Waals surface area contributed by atoms with Crippen molar-refractivity contribution in [3.63, 3.8) is 0 Å². The van der Waals surface area contributed by atoms with E-state index in [1.807, 2.05) is 0 Å². The third-order valence-corrected chi connectivity index (χ3v) is 23.5. The Balaban J connectivity index is 0.00000228. The van der Waals surface area contributed by atoms with E-state index in [-0.39, 0.29) is 24.8 Å². The molecule has 2 aromatic carbocycles. The van der Waals surface area contributed by atoms with Crippen LogP contribution < -0.4 is 0 Å². The molecule has 0 fully saturated rings. The van der Waals surface area contributed by atoms with Crippen molar-refractivity contribution in [2.24, 2.45) is 0 Å². The van der Waals surface area contributed by atoms with E-state index < -0.39 is 30.2 Å². The first-order chi connectivity index (χ1) is 15.7. The third-order valence-electron chi connectivity index (χ3n) is 8.05. The molecule has 0 radical (unpaired) electrons. The van der Waals surface area contributed by atoms with Crippen molar-refractivity contribution in [2.45, 2.75) is 62.6 Å². The van der Waals surface area contributed by atoms with Crippen LogP contribution in [0.3, 0.4) is 0 Å². The van der Waals surface area contributed by atoms with Crippen LogP contribution in [0.5, 0.6) is 0 Å². The first kappa shape index (κ1) is 31.6. The van der Waals surface area contributed by atoms with E-state index in [2.05, 4.69) is 130 Å². The molecular weight excluding hydrogens is 563 g/mol. The van der Waals surface area contributed by atoms with E-state index in [1.54, 1.807) is 29.3 Å². The number of halogens is 2. The largest absolute Gasteiger partial charge is 0.147 e. The van der Waals surface area contributed by atoms with Gasteiger partial charge in [0.15, 0.2) is 0 Å². The quantitative estimate of drug-likeness (QED) is 0.287. The summed E-state index contributed by atoms with van der Waals surface area (Å²) in [5.41, 5.74) is 5.93. The molecule has 0 amide bonds. The van der Waals surface area contributed by atoms with Gasteiger partial charge in [0.25, 0.3) is 0 Å². The molecule has 0 heterocycles. The van der Waals surface area contributed by atoms with Crippen LogP contribution in [0.1, 0.15) is 24.0 Å². The maximum atomic E-state index is 2.72. The number of hydrogen-bond acceptors (Lipinski definition) is 0. The zero-order valence-corrected chi connectivity index (χ0v) is 30.0. The fourth-order valence-electron chi connectivity index (χ4n) is 5.52. The van der Waals surface area contributed by atoms with Crippen molar-refractivity contribution in [2.75, 3.05) is 0 Å². The Kier molecular flexibility index (Phi) is 9.51. The molecule has 2 aliphatic carbocycles. The van der Waals surface area contributed by atoms with E-state index in [0.29, 0.717) is 0 Å². The van der Waals surface area contributed by atoms with Crippen molar-refractivity contribution in [1.82, 2.24) is 0 Å². The van der Waals surface area contributed by atoms with E-state index in [4.69, 9.17) is 0 Å². The predicted octanol–water partition coefficient (Wildman–Crippen LogP) is 9.40. The molecule has 0 atom stereocenters. The Morgan fingerprint density at radius 2 is 0.889 bits per heavy atom. The van der Waals surface area contributed by atoms with Gasteiger partial charge in [-0.3, -0.25) is 0 Å². The summed E-state index contributed by atoms with van der Waals surface area (Å²) in [5.74, 6) is 0. The van der Waals surface area contributed by atoms with Gasteiger partial charge in [0, 0.05) is 0 Å².